The van der Waals surface area contributed by atoms with Crippen LogP contribution in [0.5, 0.6) is 0 Å². The van der Waals surface area contributed by atoms with Gasteiger partial charge in [-0.1, -0.05) is 6.07 Å². The Hall–Kier alpha value is -2.71. The zero-order valence-corrected chi connectivity index (χ0v) is 12.8. The van der Waals surface area contributed by atoms with Gasteiger partial charge in [-0.25, -0.2) is 8.78 Å². The number of aliphatic carboxylic acids is 2. The number of carbonyl (C=O) groups is 3. The van der Waals surface area contributed by atoms with E-state index in [0.717, 1.165) is 9.80 Å². The second-order valence-electron chi connectivity index (χ2n) is 5.52. The average Bonchev–Trinajstić information content (AvgIpc) is 2.71. The van der Waals surface area contributed by atoms with E-state index >= 15 is 0 Å². The normalized spacial score (nSPS) is 13.3. The second-order valence-corrected chi connectivity index (χ2v) is 5.52. The van der Waals surface area contributed by atoms with Crippen LogP contribution >= 0.6 is 0 Å². The molecule has 0 aliphatic carbocycles. The van der Waals surface area contributed by atoms with Gasteiger partial charge in [0.05, 0.1) is 6.54 Å². The van der Waals surface area contributed by atoms with E-state index in [1.807, 2.05) is 0 Å². The molecule has 1 aliphatic rings. The van der Waals surface area contributed by atoms with Crippen LogP contribution in [0, 0.1) is 6.92 Å². The summed E-state index contributed by atoms with van der Waals surface area (Å²) in [6.07, 6.45) is -2.65. The Morgan fingerprint density at radius 1 is 1.25 bits per heavy atom. The fourth-order valence-electron chi connectivity index (χ4n) is 2.74. The Kier molecular flexibility index (Phi) is 5.01. The Morgan fingerprint density at radius 3 is 2.33 bits per heavy atom. The number of aryl methyl sites for hydroxylation is 1. The van der Waals surface area contributed by atoms with E-state index in [2.05, 4.69) is 0 Å². The topological polar surface area (TPSA) is 98.1 Å². The van der Waals surface area contributed by atoms with Crippen LogP contribution in [0.3, 0.4) is 0 Å². The summed E-state index contributed by atoms with van der Waals surface area (Å²) in [6.45, 7) is -0.0956. The van der Waals surface area contributed by atoms with Crippen LogP contribution in [0.4, 0.5) is 14.5 Å². The quantitative estimate of drug-likeness (QED) is 0.772. The van der Waals surface area contributed by atoms with Gasteiger partial charge >= 0.3 is 11.9 Å². The molecule has 1 aromatic rings. The smallest absolute Gasteiger partial charge is 0.323 e. The van der Waals surface area contributed by atoms with Gasteiger partial charge < -0.3 is 20.0 Å². The van der Waals surface area contributed by atoms with Crippen molar-refractivity contribution >= 4 is 23.5 Å². The number of amides is 1. The molecule has 0 saturated carbocycles. The number of anilines is 1. The lowest BCUT2D eigenvalue weighted by molar-refractivity contribution is -0.136. The predicted molar refractivity (Wildman–Crippen MR) is 79.4 cm³/mol. The van der Waals surface area contributed by atoms with Crippen LogP contribution in [-0.2, 0) is 16.1 Å². The van der Waals surface area contributed by atoms with Crippen LogP contribution in [0.1, 0.15) is 21.5 Å². The molecule has 1 aromatic carbocycles. The van der Waals surface area contributed by atoms with Crippen LogP contribution in [-0.4, -0.2) is 59.0 Å². The maximum Gasteiger partial charge on any atom is 0.323 e. The summed E-state index contributed by atoms with van der Waals surface area (Å²) in [4.78, 5) is 36.2. The van der Waals surface area contributed by atoms with Gasteiger partial charge in [-0.15, -0.1) is 0 Å². The first-order chi connectivity index (χ1) is 11.2. The number of benzene rings is 1. The third kappa shape index (κ3) is 3.79. The molecule has 0 aromatic heterocycles. The highest BCUT2D eigenvalue weighted by molar-refractivity contribution is 6.00. The second kappa shape index (κ2) is 6.81. The van der Waals surface area contributed by atoms with Crippen LogP contribution in [0.2, 0.25) is 0 Å². The number of halogens is 2. The van der Waals surface area contributed by atoms with Gasteiger partial charge in [-0.3, -0.25) is 14.4 Å². The van der Waals surface area contributed by atoms with Crippen molar-refractivity contribution in [1.82, 2.24) is 4.90 Å². The van der Waals surface area contributed by atoms with Crippen molar-refractivity contribution in [3.05, 3.63) is 28.8 Å². The lowest BCUT2D eigenvalue weighted by Gasteiger charge is -2.23. The Morgan fingerprint density at radius 2 is 1.83 bits per heavy atom. The highest BCUT2D eigenvalue weighted by atomic mass is 19.3. The molecule has 0 atom stereocenters. The van der Waals surface area contributed by atoms with Crippen molar-refractivity contribution in [2.75, 3.05) is 24.5 Å². The largest absolute Gasteiger partial charge is 0.480 e. The summed E-state index contributed by atoms with van der Waals surface area (Å²) in [5.74, 6) is -3.01. The Bertz CT molecular complexity index is 677. The van der Waals surface area contributed by atoms with E-state index in [4.69, 9.17) is 10.2 Å². The lowest BCUT2D eigenvalue weighted by atomic mass is 10.0. The van der Waals surface area contributed by atoms with E-state index in [-0.39, 0.29) is 17.8 Å². The Balaban J connectivity index is 2.37. The molecule has 130 valence electrons. The number of fused-ring (bicyclic) bond motifs is 1. The number of carbonyl (C=O) groups excluding carboxylic acids is 1. The van der Waals surface area contributed by atoms with Gasteiger partial charge in [0.2, 0.25) is 0 Å². The number of nitrogens with zero attached hydrogens (tertiary/aromatic N) is 2. The third-order valence-corrected chi connectivity index (χ3v) is 3.65. The highest BCUT2D eigenvalue weighted by Gasteiger charge is 2.31. The zero-order chi connectivity index (χ0) is 18.0. The molecule has 1 aliphatic heterocycles. The summed E-state index contributed by atoms with van der Waals surface area (Å²) in [5, 5.41) is 17.9. The van der Waals surface area contributed by atoms with Crippen molar-refractivity contribution in [3.8, 4) is 0 Å². The molecule has 0 saturated heterocycles. The number of carboxylic acid groups (broad SMARTS) is 2. The third-order valence-electron chi connectivity index (χ3n) is 3.65. The van der Waals surface area contributed by atoms with Gasteiger partial charge in [0.1, 0.15) is 13.1 Å². The lowest BCUT2D eigenvalue weighted by Crippen LogP contribution is -2.35. The minimum Gasteiger partial charge on any atom is -0.480 e. The van der Waals surface area contributed by atoms with Crippen LogP contribution in [0.25, 0.3) is 0 Å². The molecule has 7 nitrogen and oxygen atoms in total. The molecular weight excluding hydrogens is 326 g/mol. The SMILES string of the molecule is Cc1cc2c(cc1N(CC(=O)O)CC(=O)O)C(=O)N(CC(F)F)C2. The summed E-state index contributed by atoms with van der Waals surface area (Å²) < 4.78 is 25.0. The molecule has 24 heavy (non-hydrogen) atoms. The van der Waals surface area contributed by atoms with Gasteiger partial charge in [-0.2, -0.15) is 0 Å². The molecule has 0 fully saturated rings. The van der Waals surface area contributed by atoms with E-state index in [0.29, 0.717) is 11.1 Å². The minimum absolute atomic E-state index is 0.0531. The van der Waals surface area contributed by atoms with E-state index in [1.54, 1.807) is 13.0 Å². The number of carboxylic acids is 2. The van der Waals surface area contributed by atoms with Gasteiger partial charge in [-0.05, 0) is 24.1 Å². The number of alkyl halides is 2. The molecule has 2 N–H and O–H groups in total. The average molecular weight is 342 g/mol. The molecule has 0 bridgehead atoms. The minimum atomic E-state index is -2.65. The highest BCUT2D eigenvalue weighted by Crippen LogP contribution is 2.31. The molecule has 1 amide bonds. The molecular formula is C15H16F2N2O5. The van der Waals surface area contributed by atoms with Gasteiger partial charge in [0.25, 0.3) is 12.3 Å². The first-order valence-electron chi connectivity index (χ1n) is 7.08. The first kappa shape index (κ1) is 17.6. The fraction of sp³-hybridized carbons (Fsp3) is 0.400. The summed E-state index contributed by atoms with van der Waals surface area (Å²) in [6, 6.07) is 2.98. The van der Waals surface area contributed by atoms with Crippen molar-refractivity contribution in [3.63, 3.8) is 0 Å². The summed E-state index contributed by atoms with van der Waals surface area (Å²) in [5.41, 5.74) is 1.61. The maximum atomic E-state index is 12.5. The van der Waals surface area contributed by atoms with Crippen LogP contribution < -0.4 is 4.90 Å². The summed E-state index contributed by atoms with van der Waals surface area (Å²) >= 11 is 0. The number of rotatable bonds is 7. The first-order valence-corrected chi connectivity index (χ1v) is 7.08. The monoisotopic (exact) mass is 342 g/mol. The van der Waals surface area contributed by atoms with Crippen LogP contribution in [0.15, 0.2) is 12.1 Å². The standard InChI is InChI=1S/C15H16F2N2O5/c1-8-2-9-4-19(5-12(16)17)15(24)10(9)3-11(8)18(6-13(20)21)7-14(22)23/h2-3,12H,4-7H2,1H3,(H,20,21)(H,22,23). The van der Waals surface area contributed by atoms with Gasteiger partial charge in [0, 0.05) is 17.8 Å². The predicted octanol–water partition coefficient (Wildman–Crippen LogP) is 1.19. The number of hydrogen-bond donors (Lipinski definition) is 2. The molecule has 9 heteroatoms. The summed E-state index contributed by atoms with van der Waals surface area (Å²) in [7, 11) is 0. The molecule has 0 radical (unpaired) electrons. The van der Waals surface area contributed by atoms with Crippen molar-refractivity contribution in [2.24, 2.45) is 0 Å². The zero-order valence-electron chi connectivity index (χ0n) is 12.8. The molecule has 0 spiro atoms. The number of hydrogen-bond acceptors (Lipinski definition) is 4. The van der Waals surface area contributed by atoms with Crippen molar-refractivity contribution < 1.29 is 33.4 Å². The van der Waals surface area contributed by atoms with E-state index in [9.17, 15) is 23.2 Å². The van der Waals surface area contributed by atoms with Crippen molar-refractivity contribution in [1.29, 1.82) is 0 Å². The molecule has 2 rings (SSSR count). The van der Waals surface area contributed by atoms with E-state index < -0.39 is 43.9 Å². The van der Waals surface area contributed by atoms with Crippen molar-refractivity contribution in [2.45, 2.75) is 19.9 Å². The fourth-order valence-corrected chi connectivity index (χ4v) is 2.74. The van der Waals surface area contributed by atoms with E-state index in [1.165, 1.54) is 6.07 Å². The van der Waals surface area contributed by atoms with Gasteiger partial charge in [0.15, 0.2) is 0 Å². The maximum absolute atomic E-state index is 12.5. The molecule has 1 heterocycles. The Labute approximate surface area is 136 Å². The molecule has 0 unspecified atom stereocenters.